The number of aromatic amines is 1. The second-order valence-electron chi connectivity index (χ2n) is 8.72. The number of hydrogen-bond donors (Lipinski definition) is 3. The van der Waals surface area contributed by atoms with Crippen LogP contribution in [-0.4, -0.2) is 40.0 Å². The molecule has 0 saturated carbocycles. The Morgan fingerprint density at radius 1 is 0.971 bits per heavy atom. The Kier molecular flexibility index (Phi) is 5.76. The van der Waals surface area contributed by atoms with E-state index in [0.717, 1.165) is 48.4 Å². The van der Waals surface area contributed by atoms with Crippen LogP contribution in [0.2, 0.25) is 0 Å². The number of benzene rings is 3. The molecule has 1 fully saturated rings. The van der Waals surface area contributed by atoms with Crippen LogP contribution < -0.4 is 10.2 Å². The third kappa shape index (κ3) is 4.37. The number of aryl methyl sites for hydroxylation is 1. The molecule has 0 spiro atoms. The summed E-state index contributed by atoms with van der Waals surface area (Å²) in [5.41, 5.74) is 5.65. The van der Waals surface area contributed by atoms with Gasteiger partial charge in [0, 0.05) is 30.0 Å². The molecule has 0 bridgehead atoms. The highest BCUT2D eigenvalue weighted by Gasteiger charge is 2.21. The van der Waals surface area contributed by atoms with Crippen LogP contribution in [0.15, 0.2) is 60.7 Å². The average molecular weight is 455 g/mol. The number of imidazole rings is 1. The number of aromatic carboxylic acids is 1. The number of carbonyl (C=O) groups is 2. The van der Waals surface area contributed by atoms with Gasteiger partial charge < -0.3 is 20.3 Å². The zero-order valence-electron chi connectivity index (χ0n) is 19.0. The van der Waals surface area contributed by atoms with E-state index in [0.29, 0.717) is 22.4 Å². The Morgan fingerprint density at radius 2 is 1.74 bits per heavy atom. The number of carboxylic acids is 1. The monoisotopic (exact) mass is 454 g/mol. The lowest BCUT2D eigenvalue weighted by Crippen LogP contribution is -2.31. The van der Waals surface area contributed by atoms with E-state index in [4.69, 9.17) is 0 Å². The summed E-state index contributed by atoms with van der Waals surface area (Å²) >= 11 is 0. The van der Waals surface area contributed by atoms with Crippen molar-refractivity contribution in [2.75, 3.05) is 23.3 Å². The molecular formula is C27H26N4O3. The molecule has 1 aliphatic rings. The van der Waals surface area contributed by atoms with Gasteiger partial charge in [-0.15, -0.1) is 0 Å². The van der Waals surface area contributed by atoms with Crippen LogP contribution in [0.5, 0.6) is 0 Å². The number of nitrogens with one attached hydrogen (secondary N) is 2. The number of H-pyrrole nitrogens is 1. The molecular weight excluding hydrogens is 428 g/mol. The zero-order valence-corrected chi connectivity index (χ0v) is 19.0. The summed E-state index contributed by atoms with van der Waals surface area (Å²) in [4.78, 5) is 34.8. The Morgan fingerprint density at radius 3 is 2.47 bits per heavy atom. The Hall–Kier alpha value is -4.13. The predicted octanol–water partition coefficient (Wildman–Crippen LogP) is 5.48. The van der Waals surface area contributed by atoms with Crippen molar-refractivity contribution in [2.45, 2.75) is 26.2 Å². The summed E-state index contributed by atoms with van der Waals surface area (Å²) in [6.07, 6.45) is 3.42. The summed E-state index contributed by atoms with van der Waals surface area (Å²) in [7, 11) is 0. The maximum atomic E-state index is 13.4. The molecule has 2 heterocycles. The fourth-order valence-corrected chi connectivity index (χ4v) is 4.39. The fourth-order valence-electron chi connectivity index (χ4n) is 4.39. The number of carboxylic acid groups (broad SMARTS) is 1. The maximum absolute atomic E-state index is 13.4. The third-order valence-corrected chi connectivity index (χ3v) is 6.25. The van der Waals surface area contributed by atoms with Crippen molar-refractivity contribution < 1.29 is 14.7 Å². The van der Waals surface area contributed by atoms with Crippen molar-refractivity contribution in [1.82, 2.24) is 9.97 Å². The SMILES string of the molecule is Cc1ccc(NC(=O)c2cc(-c3nc4ccc(C(=O)O)cc4[nH]3)ccc2N2CCCCC2)cc1. The van der Waals surface area contributed by atoms with Crippen molar-refractivity contribution >= 4 is 34.3 Å². The molecule has 1 amide bonds. The van der Waals surface area contributed by atoms with Gasteiger partial charge >= 0.3 is 5.97 Å². The summed E-state index contributed by atoms with van der Waals surface area (Å²) < 4.78 is 0. The molecule has 1 aliphatic heterocycles. The number of carbonyl (C=O) groups excluding carboxylic acids is 1. The van der Waals surface area contributed by atoms with Crippen LogP contribution in [0.4, 0.5) is 11.4 Å². The average Bonchev–Trinajstić information content (AvgIpc) is 3.29. The molecule has 3 N–H and O–H groups in total. The number of piperidine rings is 1. The number of aromatic nitrogens is 2. The van der Waals surface area contributed by atoms with Crippen molar-refractivity contribution in [3.63, 3.8) is 0 Å². The molecule has 0 aliphatic carbocycles. The van der Waals surface area contributed by atoms with Crippen molar-refractivity contribution in [2.24, 2.45) is 0 Å². The normalized spacial score (nSPS) is 13.7. The van der Waals surface area contributed by atoms with E-state index in [2.05, 4.69) is 20.2 Å². The molecule has 7 heteroatoms. The lowest BCUT2D eigenvalue weighted by molar-refractivity contribution is 0.0696. The van der Waals surface area contributed by atoms with Crippen LogP contribution in [0.1, 0.15) is 45.5 Å². The van der Waals surface area contributed by atoms with Gasteiger partial charge in [0.2, 0.25) is 0 Å². The number of rotatable bonds is 5. The van der Waals surface area contributed by atoms with E-state index in [-0.39, 0.29) is 11.5 Å². The minimum absolute atomic E-state index is 0.171. The summed E-state index contributed by atoms with van der Waals surface area (Å²) in [6, 6.07) is 18.3. The Balaban J connectivity index is 1.53. The first-order valence-electron chi connectivity index (χ1n) is 11.5. The minimum Gasteiger partial charge on any atom is -0.478 e. The Bertz CT molecular complexity index is 1370. The molecule has 4 aromatic rings. The van der Waals surface area contributed by atoms with E-state index in [1.54, 1.807) is 12.1 Å². The molecule has 7 nitrogen and oxygen atoms in total. The first kappa shape index (κ1) is 21.7. The highest BCUT2D eigenvalue weighted by Crippen LogP contribution is 2.30. The second kappa shape index (κ2) is 9.02. The minimum atomic E-state index is -0.987. The van der Waals surface area contributed by atoms with Gasteiger partial charge in [0.1, 0.15) is 5.82 Å². The molecule has 0 radical (unpaired) electrons. The lowest BCUT2D eigenvalue weighted by atomic mass is 10.0. The molecule has 34 heavy (non-hydrogen) atoms. The van der Waals surface area contributed by atoms with Gasteiger partial charge in [-0.05, 0) is 74.7 Å². The van der Waals surface area contributed by atoms with Crippen LogP contribution >= 0.6 is 0 Å². The third-order valence-electron chi connectivity index (χ3n) is 6.25. The summed E-state index contributed by atoms with van der Waals surface area (Å²) in [5.74, 6) is -0.568. The largest absolute Gasteiger partial charge is 0.478 e. The van der Waals surface area contributed by atoms with Crippen LogP contribution in [-0.2, 0) is 0 Å². The molecule has 0 atom stereocenters. The molecule has 1 aromatic heterocycles. The molecule has 172 valence electrons. The lowest BCUT2D eigenvalue weighted by Gasteiger charge is -2.30. The van der Waals surface area contributed by atoms with Crippen LogP contribution in [0, 0.1) is 6.92 Å². The van der Waals surface area contributed by atoms with Gasteiger partial charge in [0.25, 0.3) is 5.91 Å². The summed E-state index contributed by atoms with van der Waals surface area (Å²) in [6.45, 7) is 3.86. The number of amides is 1. The van der Waals surface area contributed by atoms with E-state index in [1.165, 1.54) is 12.5 Å². The number of hydrogen-bond acceptors (Lipinski definition) is 4. The smallest absolute Gasteiger partial charge is 0.335 e. The highest BCUT2D eigenvalue weighted by molar-refractivity contribution is 6.09. The van der Waals surface area contributed by atoms with E-state index in [1.807, 2.05) is 49.4 Å². The number of fused-ring (bicyclic) bond motifs is 1. The van der Waals surface area contributed by atoms with Gasteiger partial charge in [0.15, 0.2) is 0 Å². The maximum Gasteiger partial charge on any atom is 0.335 e. The van der Waals surface area contributed by atoms with Gasteiger partial charge in [0.05, 0.1) is 22.2 Å². The molecule has 3 aromatic carbocycles. The zero-order chi connectivity index (χ0) is 23.7. The van der Waals surface area contributed by atoms with Gasteiger partial charge in [-0.25, -0.2) is 9.78 Å². The first-order chi connectivity index (χ1) is 16.5. The van der Waals surface area contributed by atoms with Crippen molar-refractivity contribution in [3.05, 3.63) is 77.4 Å². The highest BCUT2D eigenvalue weighted by atomic mass is 16.4. The second-order valence-corrected chi connectivity index (χ2v) is 8.72. The summed E-state index contributed by atoms with van der Waals surface area (Å²) in [5, 5.41) is 12.3. The molecule has 5 rings (SSSR count). The standard InChI is InChI=1S/C27H26N4O3/c1-17-5-9-20(10-6-17)28-26(32)21-15-18(8-12-24(21)31-13-3-2-4-14-31)25-29-22-11-7-19(27(33)34)16-23(22)30-25/h5-12,15-16H,2-4,13-14H2,1H3,(H,28,32)(H,29,30)(H,33,34). The van der Waals surface area contributed by atoms with Crippen molar-refractivity contribution in [3.8, 4) is 11.4 Å². The molecule has 1 saturated heterocycles. The fraction of sp³-hybridized carbons (Fsp3) is 0.222. The quantitative estimate of drug-likeness (QED) is 0.371. The van der Waals surface area contributed by atoms with E-state index >= 15 is 0 Å². The van der Waals surface area contributed by atoms with E-state index < -0.39 is 5.97 Å². The topological polar surface area (TPSA) is 98.3 Å². The predicted molar refractivity (Wildman–Crippen MR) is 134 cm³/mol. The van der Waals surface area contributed by atoms with Gasteiger partial charge in [-0.3, -0.25) is 4.79 Å². The van der Waals surface area contributed by atoms with Crippen LogP contribution in [0.25, 0.3) is 22.4 Å². The molecule has 0 unspecified atom stereocenters. The number of anilines is 2. The van der Waals surface area contributed by atoms with E-state index in [9.17, 15) is 14.7 Å². The number of nitrogens with zero attached hydrogens (tertiary/aromatic N) is 2. The Labute approximate surface area is 197 Å². The van der Waals surface area contributed by atoms with Crippen LogP contribution in [0.3, 0.4) is 0 Å². The van der Waals surface area contributed by atoms with Crippen molar-refractivity contribution in [1.29, 1.82) is 0 Å². The van der Waals surface area contributed by atoms with Gasteiger partial charge in [-0.2, -0.15) is 0 Å². The van der Waals surface area contributed by atoms with Gasteiger partial charge in [-0.1, -0.05) is 17.7 Å². The first-order valence-corrected chi connectivity index (χ1v) is 11.5.